The number of hydrogen-bond donors (Lipinski definition) is 1. The van der Waals surface area contributed by atoms with Gasteiger partial charge in [-0.05, 0) is 25.5 Å². The minimum Gasteiger partial charge on any atom is -0.295 e. The number of carbonyl (C=O) groups is 1. The maximum atomic E-state index is 12.5. The average molecular weight is 402 g/mol. The smallest absolute Gasteiger partial charge is 0.282 e. The molecule has 0 unspecified atom stereocenters. The number of benzene rings is 1. The van der Waals surface area contributed by atoms with E-state index in [4.69, 9.17) is 0 Å². The zero-order valence-electron chi connectivity index (χ0n) is 15.0. The van der Waals surface area contributed by atoms with E-state index in [0.29, 0.717) is 5.13 Å². The maximum Gasteiger partial charge on any atom is 0.282 e. The van der Waals surface area contributed by atoms with Crippen LogP contribution in [0.1, 0.15) is 35.8 Å². The second-order valence-electron chi connectivity index (χ2n) is 5.84. The van der Waals surface area contributed by atoms with E-state index in [-0.39, 0.29) is 5.69 Å². The largest absolute Gasteiger partial charge is 0.295 e. The van der Waals surface area contributed by atoms with Crippen LogP contribution >= 0.6 is 23.1 Å². The van der Waals surface area contributed by atoms with Crippen LogP contribution in [0.2, 0.25) is 0 Å². The Kier molecular flexibility index (Phi) is 6.36. The summed E-state index contributed by atoms with van der Waals surface area (Å²) in [6.07, 6.45) is 3.75. The molecule has 0 bridgehead atoms. The number of aromatic nitrogens is 4. The van der Waals surface area contributed by atoms with Crippen LogP contribution in [0.5, 0.6) is 0 Å². The number of amides is 1. The van der Waals surface area contributed by atoms with Crippen LogP contribution in [0.3, 0.4) is 0 Å². The van der Waals surface area contributed by atoms with Gasteiger partial charge in [0.25, 0.3) is 5.91 Å². The van der Waals surface area contributed by atoms with Gasteiger partial charge < -0.3 is 0 Å². The molecule has 9 heteroatoms. The van der Waals surface area contributed by atoms with Crippen molar-refractivity contribution in [3.05, 3.63) is 58.0 Å². The third-order valence-corrected chi connectivity index (χ3v) is 5.73. The molecule has 140 valence electrons. The Balaban J connectivity index is 1.75. The lowest BCUT2D eigenvalue weighted by Crippen LogP contribution is -2.25. The summed E-state index contributed by atoms with van der Waals surface area (Å²) in [7, 11) is 0. The molecule has 0 aliphatic rings. The normalized spacial score (nSPS) is 10.7. The van der Waals surface area contributed by atoms with Crippen LogP contribution in [-0.2, 0) is 0 Å². The van der Waals surface area contributed by atoms with E-state index in [1.807, 2.05) is 31.2 Å². The van der Waals surface area contributed by atoms with Gasteiger partial charge in [0.1, 0.15) is 0 Å². The number of nitrogens with zero attached hydrogens (tertiary/aromatic N) is 4. The number of unbranched alkanes of at least 4 members (excludes halogenated alkanes) is 1. The predicted molar refractivity (Wildman–Crippen MR) is 108 cm³/mol. The van der Waals surface area contributed by atoms with Crippen molar-refractivity contribution in [1.82, 2.24) is 20.0 Å². The van der Waals surface area contributed by atoms with Crippen LogP contribution < -0.4 is 10.7 Å². The predicted octanol–water partition coefficient (Wildman–Crippen LogP) is 3.54. The molecule has 2 heterocycles. The zero-order chi connectivity index (χ0) is 19.2. The molecule has 2 aromatic heterocycles. The summed E-state index contributed by atoms with van der Waals surface area (Å²) in [4.78, 5) is 24.6. The lowest BCUT2D eigenvalue weighted by molar-refractivity contribution is 0.101. The summed E-state index contributed by atoms with van der Waals surface area (Å²) in [5, 5.41) is 15.1. The second kappa shape index (κ2) is 8.92. The summed E-state index contributed by atoms with van der Waals surface area (Å²) in [5.41, 5.74) is 1.24. The van der Waals surface area contributed by atoms with Crippen molar-refractivity contribution in [3.63, 3.8) is 0 Å². The van der Waals surface area contributed by atoms with Crippen LogP contribution in [0, 0.1) is 6.92 Å². The van der Waals surface area contributed by atoms with Gasteiger partial charge in [-0.3, -0.25) is 14.9 Å². The van der Waals surface area contributed by atoms with E-state index < -0.39 is 11.3 Å². The summed E-state index contributed by atoms with van der Waals surface area (Å²) >= 11 is 2.89. The van der Waals surface area contributed by atoms with Crippen molar-refractivity contribution in [1.29, 1.82) is 0 Å². The highest BCUT2D eigenvalue weighted by molar-refractivity contribution is 8.01. The van der Waals surface area contributed by atoms with E-state index in [1.165, 1.54) is 28.3 Å². The van der Waals surface area contributed by atoms with E-state index >= 15 is 0 Å². The van der Waals surface area contributed by atoms with Crippen molar-refractivity contribution in [3.8, 4) is 5.69 Å². The fourth-order valence-electron chi connectivity index (χ4n) is 2.18. The SMILES string of the molecule is CCCCSc1nnc(NC(=O)c2nn(-c3ccc(C)cc3)ccc2=O)s1. The molecule has 0 spiro atoms. The van der Waals surface area contributed by atoms with Crippen molar-refractivity contribution >= 4 is 34.1 Å². The second-order valence-corrected chi connectivity index (χ2v) is 8.16. The highest BCUT2D eigenvalue weighted by Crippen LogP contribution is 2.26. The number of carbonyl (C=O) groups excluding carboxylic acids is 1. The quantitative estimate of drug-likeness (QED) is 0.370. The fraction of sp³-hybridized carbons (Fsp3) is 0.278. The Morgan fingerprint density at radius 1 is 1.22 bits per heavy atom. The molecule has 0 saturated heterocycles. The van der Waals surface area contributed by atoms with Gasteiger partial charge in [-0.25, -0.2) is 4.68 Å². The first-order valence-electron chi connectivity index (χ1n) is 8.51. The summed E-state index contributed by atoms with van der Waals surface area (Å²) < 4.78 is 2.29. The Labute approximate surface area is 164 Å². The lowest BCUT2D eigenvalue weighted by atomic mass is 10.2. The standard InChI is InChI=1S/C18H19N5O2S2/c1-3-4-11-26-18-21-20-17(27-18)19-16(25)15-14(24)9-10-23(22-15)13-7-5-12(2)6-8-13/h5-10H,3-4,11H2,1-2H3,(H,19,20,25). The Morgan fingerprint density at radius 2 is 2.00 bits per heavy atom. The number of anilines is 1. The molecule has 0 fully saturated rings. The number of thioether (sulfide) groups is 1. The molecule has 1 aromatic carbocycles. The molecule has 3 rings (SSSR count). The highest BCUT2D eigenvalue weighted by Gasteiger charge is 2.16. The van der Waals surface area contributed by atoms with E-state index in [0.717, 1.165) is 34.2 Å². The number of aryl methyl sites for hydroxylation is 1. The highest BCUT2D eigenvalue weighted by atomic mass is 32.2. The lowest BCUT2D eigenvalue weighted by Gasteiger charge is -2.07. The minimum atomic E-state index is -0.595. The third-order valence-electron chi connectivity index (χ3n) is 3.67. The van der Waals surface area contributed by atoms with Gasteiger partial charge in [-0.15, -0.1) is 10.2 Å². The fourth-order valence-corrected chi connectivity index (χ4v) is 4.09. The molecule has 0 radical (unpaired) electrons. The monoisotopic (exact) mass is 401 g/mol. The summed E-state index contributed by atoms with van der Waals surface area (Å²) in [6, 6.07) is 8.95. The van der Waals surface area contributed by atoms with Crippen molar-refractivity contribution < 1.29 is 4.79 Å². The first kappa shape index (κ1) is 19.2. The van der Waals surface area contributed by atoms with Gasteiger partial charge >= 0.3 is 0 Å². The van der Waals surface area contributed by atoms with Gasteiger partial charge in [0.2, 0.25) is 10.6 Å². The van der Waals surface area contributed by atoms with Crippen molar-refractivity contribution in [2.24, 2.45) is 0 Å². The van der Waals surface area contributed by atoms with Gasteiger partial charge in [-0.1, -0.05) is 54.1 Å². The van der Waals surface area contributed by atoms with Crippen molar-refractivity contribution in [2.75, 3.05) is 11.1 Å². The molecule has 7 nitrogen and oxygen atoms in total. The van der Waals surface area contributed by atoms with Crippen LogP contribution in [0.25, 0.3) is 5.69 Å². The van der Waals surface area contributed by atoms with Gasteiger partial charge in [0, 0.05) is 18.0 Å². The van der Waals surface area contributed by atoms with Crippen LogP contribution in [-0.4, -0.2) is 31.6 Å². The van der Waals surface area contributed by atoms with Gasteiger partial charge in [-0.2, -0.15) is 5.10 Å². The van der Waals surface area contributed by atoms with Gasteiger partial charge in [0.15, 0.2) is 10.0 Å². The molecular formula is C18H19N5O2S2. The maximum absolute atomic E-state index is 12.5. The number of rotatable bonds is 7. The van der Waals surface area contributed by atoms with Gasteiger partial charge in [0.05, 0.1) is 5.69 Å². The molecule has 1 N–H and O–H groups in total. The third kappa shape index (κ3) is 5.01. The number of nitrogens with one attached hydrogen (secondary N) is 1. The van der Waals surface area contributed by atoms with E-state index in [1.54, 1.807) is 11.8 Å². The Hall–Kier alpha value is -2.52. The minimum absolute atomic E-state index is 0.187. The molecule has 0 atom stereocenters. The Morgan fingerprint density at radius 3 is 2.74 bits per heavy atom. The molecular weight excluding hydrogens is 382 g/mol. The van der Waals surface area contributed by atoms with Crippen LogP contribution in [0.4, 0.5) is 5.13 Å². The zero-order valence-corrected chi connectivity index (χ0v) is 16.6. The summed E-state index contributed by atoms with van der Waals surface area (Å²) in [5.74, 6) is 0.364. The first-order valence-corrected chi connectivity index (χ1v) is 10.3. The molecule has 27 heavy (non-hydrogen) atoms. The number of hydrogen-bond acceptors (Lipinski definition) is 7. The molecule has 1 amide bonds. The molecule has 3 aromatic rings. The average Bonchev–Trinajstić information content (AvgIpc) is 3.10. The van der Waals surface area contributed by atoms with Crippen LogP contribution in [0.15, 0.2) is 45.7 Å². The Bertz CT molecular complexity index is 982. The van der Waals surface area contributed by atoms with E-state index in [9.17, 15) is 9.59 Å². The van der Waals surface area contributed by atoms with E-state index in [2.05, 4.69) is 27.5 Å². The molecule has 0 aliphatic carbocycles. The molecule has 0 saturated carbocycles. The topological polar surface area (TPSA) is 89.8 Å². The molecule has 0 aliphatic heterocycles. The van der Waals surface area contributed by atoms with Crippen molar-refractivity contribution in [2.45, 2.75) is 31.0 Å². The summed E-state index contributed by atoms with van der Waals surface area (Å²) in [6.45, 7) is 4.11. The first-order chi connectivity index (χ1) is 13.1.